The zero-order valence-electron chi connectivity index (χ0n) is 11.0. The van der Waals surface area contributed by atoms with Gasteiger partial charge in [-0.1, -0.05) is 6.92 Å². The van der Waals surface area contributed by atoms with E-state index in [1.54, 1.807) is 12.4 Å². The van der Waals surface area contributed by atoms with Crippen molar-refractivity contribution in [2.24, 2.45) is 5.73 Å². The molecule has 0 aliphatic heterocycles. The van der Waals surface area contributed by atoms with Gasteiger partial charge in [-0.3, -0.25) is 4.98 Å². The van der Waals surface area contributed by atoms with Gasteiger partial charge >= 0.3 is 0 Å². The summed E-state index contributed by atoms with van der Waals surface area (Å²) >= 11 is 0. The fraction of sp³-hybridized carbons (Fsp3) is 0.667. The minimum Gasteiger partial charge on any atom is -0.477 e. The van der Waals surface area contributed by atoms with E-state index in [2.05, 4.69) is 22.2 Å². The van der Waals surface area contributed by atoms with Gasteiger partial charge in [-0.05, 0) is 27.2 Å². The van der Waals surface area contributed by atoms with Crippen molar-refractivity contribution in [3.63, 3.8) is 0 Å². The lowest BCUT2D eigenvalue weighted by molar-refractivity contribution is 0.304. The normalized spacial score (nSPS) is 13.2. The van der Waals surface area contributed by atoms with Crippen LogP contribution in [0.5, 0.6) is 5.88 Å². The van der Waals surface area contributed by atoms with Crippen LogP contribution in [0.4, 0.5) is 5.82 Å². The number of hydrogen-bond acceptors (Lipinski definition) is 5. The lowest BCUT2D eigenvalue weighted by Crippen LogP contribution is -2.47. The van der Waals surface area contributed by atoms with Gasteiger partial charge < -0.3 is 15.8 Å². The summed E-state index contributed by atoms with van der Waals surface area (Å²) < 4.78 is 5.43. The van der Waals surface area contributed by atoms with E-state index in [1.165, 1.54) is 0 Å². The number of anilines is 1. The Morgan fingerprint density at radius 1 is 1.47 bits per heavy atom. The maximum Gasteiger partial charge on any atom is 0.234 e. The predicted molar refractivity (Wildman–Crippen MR) is 69.2 cm³/mol. The molecule has 0 bridgehead atoms. The van der Waals surface area contributed by atoms with Gasteiger partial charge in [0.05, 0.1) is 19.0 Å². The quantitative estimate of drug-likeness (QED) is 0.790. The molecule has 5 heteroatoms. The second kappa shape index (κ2) is 5.82. The summed E-state index contributed by atoms with van der Waals surface area (Å²) in [5, 5.41) is 3.26. The molecule has 1 aromatic rings. The fourth-order valence-corrected chi connectivity index (χ4v) is 1.13. The van der Waals surface area contributed by atoms with E-state index in [0.29, 0.717) is 18.3 Å². The third-order valence-corrected chi connectivity index (χ3v) is 2.66. The molecule has 96 valence electrons. The molecule has 0 spiro atoms. The van der Waals surface area contributed by atoms with Crippen LogP contribution in [-0.4, -0.2) is 28.2 Å². The Morgan fingerprint density at radius 2 is 2.18 bits per heavy atom. The van der Waals surface area contributed by atoms with Crippen LogP contribution in [0.15, 0.2) is 12.4 Å². The molecule has 0 saturated heterocycles. The van der Waals surface area contributed by atoms with Crippen molar-refractivity contribution in [2.75, 3.05) is 11.9 Å². The molecule has 0 amide bonds. The van der Waals surface area contributed by atoms with Gasteiger partial charge in [0, 0.05) is 11.6 Å². The third kappa shape index (κ3) is 4.19. The maximum absolute atomic E-state index is 5.89. The Labute approximate surface area is 103 Å². The van der Waals surface area contributed by atoms with Crippen molar-refractivity contribution in [3.8, 4) is 5.88 Å². The van der Waals surface area contributed by atoms with E-state index in [1.807, 2.05) is 20.8 Å². The van der Waals surface area contributed by atoms with Crippen LogP contribution in [-0.2, 0) is 0 Å². The standard InChI is InChI=1S/C12H22N4O/c1-5-6-17-11-8-14-7-10(15-11)16-12(3,4)9(2)13/h7-9H,5-6,13H2,1-4H3,(H,15,16). The Hall–Kier alpha value is -1.36. The van der Waals surface area contributed by atoms with E-state index in [4.69, 9.17) is 10.5 Å². The Bertz CT molecular complexity index is 352. The smallest absolute Gasteiger partial charge is 0.234 e. The van der Waals surface area contributed by atoms with Gasteiger partial charge in [-0.2, -0.15) is 4.98 Å². The molecular formula is C12H22N4O. The van der Waals surface area contributed by atoms with E-state index in [9.17, 15) is 0 Å². The van der Waals surface area contributed by atoms with Crippen molar-refractivity contribution >= 4 is 5.82 Å². The van der Waals surface area contributed by atoms with Crippen LogP contribution in [0, 0.1) is 0 Å². The molecule has 1 aromatic heterocycles. The lowest BCUT2D eigenvalue weighted by Gasteiger charge is -2.30. The van der Waals surface area contributed by atoms with Gasteiger partial charge in [0.1, 0.15) is 5.82 Å². The molecule has 0 radical (unpaired) electrons. The Balaban J connectivity index is 2.71. The highest BCUT2D eigenvalue weighted by atomic mass is 16.5. The lowest BCUT2D eigenvalue weighted by atomic mass is 9.97. The zero-order valence-corrected chi connectivity index (χ0v) is 11.0. The molecule has 0 aliphatic carbocycles. The van der Waals surface area contributed by atoms with Crippen LogP contribution >= 0.6 is 0 Å². The summed E-state index contributed by atoms with van der Waals surface area (Å²) in [6.45, 7) is 8.71. The Morgan fingerprint density at radius 3 is 2.76 bits per heavy atom. The second-order valence-corrected chi connectivity index (χ2v) is 4.73. The first-order valence-corrected chi connectivity index (χ1v) is 5.94. The number of nitrogens with zero attached hydrogens (tertiary/aromatic N) is 2. The molecule has 0 saturated carbocycles. The first-order valence-electron chi connectivity index (χ1n) is 5.94. The molecule has 1 unspecified atom stereocenters. The zero-order chi connectivity index (χ0) is 12.9. The Kier molecular flexibility index (Phi) is 4.69. The first kappa shape index (κ1) is 13.7. The summed E-state index contributed by atoms with van der Waals surface area (Å²) in [5.74, 6) is 1.22. The van der Waals surface area contributed by atoms with Crippen molar-refractivity contribution in [3.05, 3.63) is 12.4 Å². The minimum atomic E-state index is -0.238. The van der Waals surface area contributed by atoms with Crippen molar-refractivity contribution < 1.29 is 4.74 Å². The van der Waals surface area contributed by atoms with Crippen molar-refractivity contribution in [1.29, 1.82) is 0 Å². The van der Waals surface area contributed by atoms with Crippen LogP contribution in [0.3, 0.4) is 0 Å². The van der Waals surface area contributed by atoms with Crippen LogP contribution in [0.2, 0.25) is 0 Å². The number of rotatable bonds is 6. The highest BCUT2D eigenvalue weighted by Gasteiger charge is 2.23. The summed E-state index contributed by atoms with van der Waals surface area (Å²) in [5.41, 5.74) is 5.66. The molecule has 3 N–H and O–H groups in total. The third-order valence-electron chi connectivity index (χ3n) is 2.66. The van der Waals surface area contributed by atoms with Gasteiger partial charge in [-0.15, -0.1) is 0 Å². The fourth-order valence-electron chi connectivity index (χ4n) is 1.13. The molecule has 5 nitrogen and oxygen atoms in total. The molecule has 17 heavy (non-hydrogen) atoms. The monoisotopic (exact) mass is 238 g/mol. The average Bonchev–Trinajstić information content (AvgIpc) is 2.26. The molecule has 0 aliphatic rings. The summed E-state index contributed by atoms with van der Waals surface area (Å²) in [4.78, 5) is 8.42. The van der Waals surface area contributed by atoms with Crippen LogP contribution in [0.1, 0.15) is 34.1 Å². The van der Waals surface area contributed by atoms with E-state index in [-0.39, 0.29) is 11.6 Å². The molecular weight excluding hydrogens is 216 g/mol. The van der Waals surface area contributed by atoms with Gasteiger partial charge in [0.15, 0.2) is 0 Å². The van der Waals surface area contributed by atoms with Crippen LogP contribution in [0.25, 0.3) is 0 Å². The SMILES string of the molecule is CCCOc1cncc(NC(C)(C)C(C)N)n1. The van der Waals surface area contributed by atoms with Crippen molar-refractivity contribution in [2.45, 2.75) is 45.7 Å². The first-order chi connectivity index (χ1) is 7.95. The number of aromatic nitrogens is 2. The summed E-state index contributed by atoms with van der Waals surface area (Å²) in [6, 6.07) is 0.00418. The number of nitrogens with one attached hydrogen (secondary N) is 1. The topological polar surface area (TPSA) is 73.1 Å². The molecule has 1 rings (SSSR count). The van der Waals surface area contributed by atoms with Gasteiger partial charge in [0.25, 0.3) is 0 Å². The summed E-state index contributed by atoms with van der Waals surface area (Å²) in [7, 11) is 0. The second-order valence-electron chi connectivity index (χ2n) is 4.73. The molecule has 1 atom stereocenters. The van der Waals surface area contributed by atoms with E-state index in [0.717, 1.165) is 6.42 Å². The van der Waals surface area contributed by atoms with Gasteiger partial charge in [-0.25, -0.2) is 0 Å². The minimum absolute atomic E-state index is 0.00418. The maximum atomic E-state index is 5.89. The number of ether oxygens (including phenoxy) is 1. The molecule has 0 fully saturated rings. The summed E-state index contributed by atoms with van der Waals surface area (Å²) in [6.07, 6.45) is 4.23. The van der Waals surface area contributed by atoms with E-state index >= 15 is 0 Å². The average molecular weight is 238 g/mol. The predicted octanol–water partition coefficient (Wildman–Crippen LogP) is 1.80. The van der Waals surface area contributed by atoms with Gasteiger partial charge in [0.2, 0.25) is 5.88 Å². The number of hydrogen-bond donors (Lipinski definition) is 2. The van der Waals surface area contributed by atoms with Crippen LogP contribution < -0.4 is 15.8 Å². The molecule has 0 aromatic carbocycles. The van der Waals surface area contributed by atoms with E-state index < -0.39 is 0 Å². The number of nitrogens with two attached hydrogens (primary N) is 1. The largest absolute Gasteiger partial charge is 0.477 e. The highest BCUT2D eigenvalue weighted by molar-refractivity contribution is 5.37. The highest BCUT2D eigenvalue weighted by Crippen LogP contribution is 2.16. The molecule has 1 heterocycles. The van der Waals surface area contributed by atoms with Crippen molar-refractivity contribution in [1.82, 2.24) is 9.97 Å².